The van der Waals surface area contributed by atoms with E-state index in [9.17, 15) is 4.79 Å². The lowest BCUT2D eigenvalue weighted by Gasteiger charge is -2.01. The number of hydrogen-bond donors (Lipinski definition) is 1. The van der Waals surface area contributed by atoms with E-state index in [1.54, 1.807) is 6.07 Å². The smallest absolute Gasteiger partial charge is 0.338 e. The monoisotopic (exact) mass is 222 g/mol. The van der Waals surface area contributed by atoms with E-state index in [4.69, 9.17) is 10.5 Å². The Balaban J connectivity index is 2.72. The number of esters is 1. The van der Waals surface area contributed by atoms with Gasteiger partial charge in [0.05, 0.1) is 23.1 Å². The Labute approximate surface area is 90.8 Å². The summed E-state index contributed by atoms with van der Waals surface area (Å²) in [5.41, 5.74) is 6.84. The number of fused-ring (bicyclic) bond motifs is 1. The van der Waals surface area contributed by atoms with Gasteiger partial charge in [0.2, 0.25) is 0 Å². The second-order valence-corrected chi connectivity index (χ2v) is 3.81. The molecule has 1 heterocycles. The molecule has 78 valence electrons. The maximum Gasteiger partial charge on any atom is 0.338 e. The number of ether oxygens (including phenoxy) is 1. The van der Waals surface area contributed by atoms with Gasteiger partial charge in [0, 0.05) is 11.9 Å². The van der Waals surface area contributed by atoms with Crippen molar-refractivity contribution in [2.24, 2.45) is 5.73 Å². The van der Waals surface area contributed by atoms with Gasteiger partial charge in [0.1, 0.15) is 0 Å². The predicted octanol–water partition coefficient (Wildman–Crippen LogP) is 1.54. The third-order valence-electron chi connectivity index (χ3n) is 2.17. The van der Waals surface area contributed by atoms with Crippen LogP contribution in [0.2, 0.25) is 0 Å². The van der Waals surface area contributed by atoms with Crippen LogP contribution in [0.3, 0.4) is 0 Å². The molecule has 0 aliphatic rings. The minimum absolute atomic E-state index is 0.327. The lowest BCUT2D eigenvalue weighted by molar-refractivity contribution is 0.0603. The Hall–Kier alpha value is -1.46. The first-order valence-corrected chi connectivity index (χ1v) is 5.21. The van der Waals surface area contributed by atoms with Gasteiger partial charge in [-0.05, 0) is 23.7 Å². The van der Waals surface area contributed by atoms with Crippen LogP contribution in [0.4, 0.5) is 0 Å². The van der Waals surface area contributed by atoms with Crippen molar-refractivity contribution in [2.75, 3.05) is 7.11 Å². The summed E-state index contributed by atoms with van der Waals surface area (Å²) in [6.07, 6.45) is 0. The number of methoxy groups -OCH3 is 1. The van der Waals surface area contributed by atoms with Gasteiger partial charge >= 0.3 is 5.97 Å². The molecule has 0 aliphatic carbocycles. The fourth-order valence-corrected chi connectivity index (χ4v) is 2.31. The molecule has 1 aromatic heterocycles. The van der Waals surface area contributed by atoms with Crippen molar-refractivity contribution >= 4 is 27.6 Å². The zero-order valence-electron chi connectivity index (χ0n) is 8.19. The van der Waals surface area contributed by atoms with Gasteiger partial charge in [-0.2, -0.15) is 4.37 Å². The molecule has 4 nitrogen and oxygen atoms in total. The number of aromatic nitrogens is 1. The molecule has 1 aromatic carbocycles. The summed E-state index contributed by atoms with van der Waals surface area (Å²) in [5.74, 6) is -0.351. The summed E-state index contributed by atoms with van der Waals surface area (Å²) < 4.78 is 9.87. The Bertz CT molecular complexity index is 507. The first kappa shape index (κ1) is 10.1. The van der Waals surface area contributed by atoms with Crippen LogP contribution < -0.4 is 5.73 Å². The fourth-order valence-electron chi connectivity index (χ4n) is 1.47. The predicted molar refractivity (Wildman–Crippen MR) is 58.9 cm³/mol. The van der Waals surface area contributed by atoms with Gasteiger partial charge in [0.15, 0.2) is 0 Å². The third-order valence-corrected chi connectivity index (χ3v) is 3.02. The van der Waals surface area contributed by atoms with Crippen LogP contribution >= 0.6 is 11.5 Å². The molecule has 0 unspecified atom stereocenters. The van der Waals surface area contributed by atoms with E-state index in [1.165, 1.54) is 18.6 Å². The van der Waals surface area contributed by atoms with Crippen LogP contribution in [0.5, 0.6) is 0 Å². The fraction of sp³-hybridized carbons (Fsp3) is 0.200. The number of nitrogens with zero attached hydrogens (tertiary/aromatic N) is 1. The normalized spacial score (nSPS) is 10.5. The Kier molecular flexibility index (Phi) is 2.66. The number of hydrogen-bond acceptors (Lipinski definition) is 5. The first-order chi connectivity index (χ1) is 7.27. The van der Waals surface area contributed by atoms with Gasteiger partial charge in [-0.1, -0.05) is 6.07 Å². The summed E-state index contributed by atoms with van der Waals surface area (Å²) >= 11 is 1.34. The SMILES string of the molecule is COC(=O)c1cccc2snc(CN)c12. The van der Waals surface area contributed by atoms with Crippen LogP contribution in [0.25, 0.3) is 10.1 Å². The first-order valence-electron chi connectivity index (χ1n) is 4.43. The molecule has 2 rings (SSSR count). The number of carbonyl (C=O) groups excluding carboxylic acids is 1. The van der Waals surface area contributed by atoms with Crippen molar-refractivity contribution in [3.8, 4) is 0 Å². The van der Waals surface area contributed by atoms with Crippen LogP contribution in [-0.4, -0.2) is 17.5 Å². The maximum atomic E-state index is 11.5. The third kappa shape index (κ3) is 1.60. The van der Waals surface area contributed by atoms with Gasteiger partial charge in [0.25, 0.3) is 0 Å². The minimum atomic E-state index is -0.351. The van der Waals surface area contributed by atoms with Gasteiger partial charge in [-0.15, -0.1) is 0 Å². The van der Waals surface area contributed by atoms with Crippen LogP contribution in [-0.2, 0) is 11.3 Å². The second kappa shape index (κ2) is 3.96. The lowest BCUT2D eigenvalue weighted by atomic mass is 10.1. The highest BCUT2D eigenvalue weighted by molar-refractivity contribution is 7.13. The van der Waals surface area contributed by atoms with Crippen molar-refractivity contribution < 1.29 is 9.53 Å². The zero-order chi connectivity index (χ0) is 10.8. The topological polar surface area (TPSA) is 65.2 Å². The molecule has 0 spiro atoms. The van der Waals surface area contributed by atoms with Crippen LogP contribution in [0, 0.1) is 0 Å². The average Bonchev–Trinajstić information content (AvgIpc) is 2.70. The Morgan fingerprint density at radius 3 is 3.07 bits per heavy atom. The highest BCUT2D eigenvalue weighted by Gasteiger charge is 2.15. The quantitative estimate of drug-likeness (QED) is 0.783. The summed E-state index contributed by atoms with van der Waals surface area (Å²) in [6, 6.07) is 5.45. The van der Waals surface area contributed by atoms with E-state index in [-0.39, 0.29) is 5.97 Å². The van der Waals surface area contributed by atoms with Gasteiger partial charge in [-0.25, -0.2) is 4.79 Å². The molecule has 0 bridgehead atoms. The standard InChI is InChI=1S/C10H10N2O2S/c1-14-10(13)6-3-2-4-8-9(6)7(5-11)12-15-8/h2-4H,5,11H2,1H3. The van der Waals surface area contributed by atoms with Crippen LogP contribution in [0.15, 0.2) is 18.2 Å². The summed E-state index contributed by atoms with van der Waals surface area (Å²) in [7, 11) is 1.36. The van der Waals surface area contributed by atoms with Crippen molar-refractivity contribution in [3.63, 3.8) is 0 Å². The van der Waals surface area contributed by atoms with E-state index in [0.717, 1.165) is 15.8 Å². The van der Waals surface area contributed by atoms with Crippen molar-refractivity contribution in [1.82, 2.24) is 4.37 Å². The largest absolute Gasteiger partial charge is 0.465 e. The minimum Gasteiger partial charge on any atom is -0.465 e. The summed E-state index contributed by atoms with van der Waals surface area (Å²) in [4.78, 5) is 11.5. The maximum absolute atomic E-state index is 11.5. The van der Waals surface area contributed by atoms with Gasteiger partial charge < -0.3 is 10.5 Å². The summed E-state index contributed by atoms with van der Waals surface area (Å²) in [6.45, 7) is 0.327. The van der Waals surface area contributed by atoms with Crippen molar-refractivity contribution in [1.29, 1.82) is 0 Å². The molecule has 2 N–H and O–H groups in total. The average molecular weight is 222 g/mol. The lowest BCUT2D eigenvalue weighted by Crippen LogP contribution is -2.04. The summed E-state index contributed by atoms with van der Waals surface area (Å²) in [5, 5.41) is 0.817. The molecule has 0 radical (unpaired) electrons. The molecule has 15 heavy (non-hydrogen) atoms. The highest BCUT2D eigenvalue weighted by Crippen LogP contribution is 2.26. The second-order valence-electron chi connectivity index (χ2n) is 3.00. The molecule has 5 heteroatoms. The molecule has 0 amide bonds. The van der Waals surface area contributed by atoms with Crippen LogP contribution in [0.1, 0.15) is 16.1 Å². The number of benzene rings is 1. The molecule has 0 atom stereocenters. The van der Waals surface area contributed by atoms with Gasteiger partial charge in [-0.3, -0.25) is 0 Å². The number of rotatable bonds is 2. The van der Waals surface area contributed by atoms with Crippen molar-refractivity contribution in [2.45, 2.75) is 6.54 Å². The number of carbonyl (C=O) groups is 1. The van der Waals surface area contributed by atoms with Crippen molar-refractivity contribution in [3.05, 3.63) is 29.5 Å². The Morgan fingerprint density at radius 2 is 2.40 bits per heavy atom. The molecule has 0 saturated carbocycles. The molecular weight excluding hydrogens is 212 g/mol. The molecule has 0 aliphatic heterocycles. The van der Waals surface area contributed by atoms with E-state index < -0.39 is 0 Å². The van der Waals surface area contributed by atoms with E-state index in [2.05, 4.69) is 4.37 Å². The highest BCUT2D eigenvalue weighted by atomic mass is 32.1. The molecule has 0 fully saturated rings. The zero-order valence-corrected chi connectivity index (χ0v) is 9.00. The Morgan fingerprint density at radius 1 is 1.60 bits per heavy atom. The molecule has 0 saturated heterocycles. The van der Waals surface area contributed by atoms with E-state index in [0.29, 0.717) is 12.1 Å². The van der Waals surface area contributed by atoms with E-state index >= 15 is 0 Å². The molecular formula is C10H10N2O2S. The molecule has 2 aromatic rings. The van der Waals surface area contributed by atoms with E-state index in [1.807, 2.05) is 12.1 Å². The number of nitrogens with two attached hydrogens (primary N) is 1.